The Morgan fingerprint density at radius 1 is 1.30 bits per heavy atom. The number of hydrogen-bond acceptors (Lipinski definition) is 10. The van der Waals surface area contributed by atoms with Crippen LogP contribution in [0.3, 0.4) is 0 Å². The second-order valence-electron chi connectivity index (χ2n) is 8.37. The van der Waals surface area contributed by atoms with Gasteiger partial charge in [-0.3, -0.25) is 14.7 Å². The zero-order chi connectivity index (χ0) is 26.7. The highest BCUT2D eigenvalue weighted by atomic mass is 35.5. The Bertz CT molecular complexity index is 1380. The molecule has 2 aromatic rings. The summed E-state index contributed by atoms with van der Waals surface area (Å²) in [6, 6.07) is 2.68. The van der Waals surface area contributed by atoms with Gasteiger partial charge < -0.3 is 15.2 Å². The maximum Gasteiger partial charge on any atom is 0.338 e. The molecule has 0 radical (unpaired) electrons. The predicted molar refractivity (Wildman–Crippen MR) is 130 cm³/mol. The molecular formula is C22H24ClFN6O6S. The molecule has 1 fully saturated rings. The molecule has 3 heterocycles. The Balaban J connectivity index is 1.79. The van der Waals surface area contributed by atoms with E-state index in [9.17, 15) is 22.4 Å². The van der Waals surface area contributed by atoms with Crippen LogP contribution in [0.4, 0.5) is 4.39 Å². The summed E-state index contributed by atoms with van der Waals surface area (Å²) >= 11 is 6.35. The van der Waals surface area contributed by atoms with Gasteiger partial charge in [0.15, 0.2) is 15.7 Å². The van der Waals surface area contributed by atoms with Crippen molar-refractivity contribution in [2.24, 2.45) is 4.99 Å². The highest BCUT2D eigenvalue weighted by molar-refractivity contribution is 7.91. The van der Waals surface area contributed by atoms with E-state index in [0.29, 0.717) is 11.3 Å². The number of amidine groups is 1. The van der Waals surface area contributed by atoms with Gasteiger partial charge in [-0.2, -0.15) is 0 Å². The van der Waals surface area contributed by atoms with Crippen molar-refractivity contribution in [1.82, 2.24) is 25.0 Å². The summed E-state index contributed by atoms with van der Waals surface area (Å²) in [6.07, 6.45) is 1.23. The van der Waals surface area contributed by atoms with Gasteiger partial charge in [0.1, 0.15) is 24.7 Å². The van der Waals surface area contributed by atoms with Crippen LogP contribution in [0.2, 0.25) is 5.02 Å². The maximum absolute atomic E-state index is 13.8. The van der Waals surface area contributed by atoms with Gasteiger partial charge in [-0.1, -0.05) is 17.7 Å². The first-order chi connectivity index (χ1) is 17.6. The van der Waals surface area contributed by atoms with Crippen molar-refractivity contribution >= 4 is 39.2 Å². The molecule has 12 nitrogen and oxygen atoms in total. The van der Waals surface area contributed by atoms with Gasteiger partial charge in [0.2, 0.25) is 5.82 Å². The second-order valence-corrected chi connectivity index (χ2v) is 11.1. The minimum atomic E-state index is -3.14. The second kappa shape index (κ2) is 10.9. The van der Waals surface area contributed by atoms with E-state index in [0.717, 1.165) is 10.7 Å². The topological polar surface area (TPSA) is 156 Å². The van der Waals surface area contributed by atoms with Gasteiger partial charge in [0.25, 0.3) is 0 Å². The third kappa shape index (κ3) is 6.32. The molecule has 4 rings (SSSR count). The number of carboxylic acid groups (broad SMARTS) is 1. The number of carbonyl (C=O) groups excluding carboxylic acids is 1. The first-order valence-electron chi connectivity index (χ1n) is 11.3. The molecule has 2 N–H and O–H groups in total. The van der Waals surface area contributed by atoms with Gasteiger partial charge in [-0.05, 0) is 19.1 Å². The molecule has 15 heteroatoms. The average molecular weight is 555 g/mol. The SMILES string of the molecule is CCOC(=O)C1=C(CN2CCS(=O)(=O)CC2)NC(c2ncn(CC(=O)O)n2)=NC1c1ccc(F)cc1Cl. The standard InChI is InChI=1S/C22H24ClFN6O6S/c1-2-36-22(33)18-16(10-29-5-7-37(34,35)8-6-29)26-21(20-25-12-30(28-20)11-17(31)32)27-19(18)14-4-3-13(24)9-15(14)23/h3-4,9,12,19H,2,5-8,10-11H2,1H3,(H,26,27)(H,31,32). The van der Waals surface area contributed by atoms with Crippen LogP contribution in [-0.2, 0) is 30.7 Å². The van der Waals surface area contributed by atoms with Crippen LogP contribution >= 0.6 is 11.6 Å². The number of nitrogens with one attached hydrogen (secondary N) is 1. The number of nitrogens with zero attached hydrogens (tertiary/aromatic N) is 5. The van der Waals surface area contributed by atoms with E-state index in [2.05, 4.69) is 20.4 Å². The van der Waals surface area contributed by atoms with Crippen LogP contribution in [0, 0.1) is 5.82 Å². The summed E-state index contributed by atoms with van der Waals surface area (Å²) in [5, 5.41) is 16.3. The molecule has 0 saturated carbocycles. The van der Waals surface area contributed by atoms with Gasteiger partial charge >= 0.3 is 11.9 Å². The number of sulfone groups is 1. The highest BCUT2D eigenvalue weighted by Crippen LogP contribution is 2.36. The Kier molecular flexibility index (Phi) is 7.90. The molecule has 0 bridgehead atoms. The Labute approximate surface area is 216 Å². The number of ether oxygens (including phenoxy) is 1. The quantitative estimate of drug-likeness (QED) is 0.447. The number of aromatic nitrogens is 3. The zero-order valence-electron chi connectivity index (χ0n) is 19.7. The van der Waals surface area contributed by atoms with Crippen LogP contribution in [-0.4, -0.2) is 88.7 Å². The molecule has 0 aliphatic carbocycles. The summed E-state index contributed by atoms with van der Waals surface area (Å²) < 4.78 is 44.1. The van der Waals surface area contributed by atoms with E-state index < -0.39 is 40.2 Å². The smallest absolute Gasteiger partial charge is 0.338 e. The molecule has 0 amide bonds. The third-order valence-electron chi connectivity index (χ3n) is 5.74. The highest BCUT2D eigenvalue weighted by Gasteiger charge is 2.35. The van der Waals surface area contributed by atoms with Crippen molar-refractivity contribution in [2.75, 3.05) is 37.7 Å². The van der Waals surface area contributed by atoms with Crippen LogP contribution in [0.15, 0.2) is 40.8 Å². The molecule has 0 spiro atoms. The molecule has 198 valence electrons. The number of carbonyl (C=O) groups is 2. The largest absolute Gasteiger partial charge is 0.480 e. The number of benzene rings is 1. The summed E-state index contributed by atoms with van der Waals surface area (Å²) in [4.78, 5) is 34.8. The summed E-state index contributed by atoms with van der Waals surface area (Å²) in [6.45, 7) is 1.96. The molecule has 2 aliphatic heterocycles. The lowest BCUT2D eigenvalue weighted by molar-refractivity contribution is -0.139. The first kappa shape index (κ1) is 26.7. The lowest BCUT2D eigenvalue weighted by Crippen LogP contribution is -2.45. The molecule has 2 aliphatic rings. The predicted octanol–water partition coefficient (Wildman–Crippen LogP) is 0.794. The van der Waals surface area contributed by atoms with E-state index in [1.807, 2.05) is 4.90 Å². The number of hydrogen-bond donors (Lipinski definition) is 2. The van der Waals surface area contributed by atoms with Crippen LogP contribution in [0.5, 0.6) is 0 Å². The molecular weight excluding hydrogens is 531 g/mol. The summed E-state index contributed by atoms with van der Waals surface area (Å²) in [5.74, 6) is -2.22. The molecule has 37 heavy (non-hydrogen) atoms. The lowest BCUT2D eigenvalue weighted by atomic mass is 9.95. The summed E-state index contributed by atoms with van der Waals surface area (Å²) in [7, 11) is -3.14. The Morgan fingerprint density at radius 3 is 2.68 bits per heavy atom. The fourth-order valence-electron chi connectivity index (χ4n) is 3.98. The molecule has 1 atom stereocenters. The van der Waals surface area contributed by atoms with Crippen molar-refractivity contribution in [1.29, 1.82) is 0 Å². The Hall–Kier alpha value is -3.36. The van der Waals surface area contributed by atoms with Crippen molar-refractivity contribution in [3.05, 3.63) is 58.0 Å². The van der Waals surface area contributed by atoms with Gasteiger partial charge in [0.05, 0.1) is 23.7 Å². The van der Waals surface area contributed by atoms with Gasteiger partial charge in [0, 0.05) is 35.9 Å². The fraction of sp³-hybridized carbons (Fsp3) is 0.409. The van der Waals surface area contributed by atoms with E-state index in [-0.39, 0.29) is 60.0 Å². The Morgan fingerprint density at radius 2 is 2.03 bits per heavy atom. The number of aliphatic imine (C=N–C) groups is 1. The normalized spacial score (nSPS) is 19.8. The number of halogens is 2. The molecule has 1 aromatic heterocycles. The van der Waals surface area contributed by atoms with Crippen molar-refractivity contribution in [2.45, 2.75) is 19.5 Å². The van der Waals surface area contributed by atoms with E-state index in [4.69, 9.17) is 21.4 Å². The van der Waals surface area contributed by atoms with Crippen molar-refractivity contribution in [3.63, 3.8) is 0 Å². The number of rotatable bonds is 8. The molecule has 1 unspecified atom stereocenters. The minimum absolute atomic E-state index is 0.0235. The molecule has 1 aromatic carbocycles. The molecule has 1 saturated heterocycles. The third-order valence-corrected chi connectivity index (χ3v) is 7.68. The van der Waals surface area contributed by atoms with E-state index in [1.54, 1.807) is 6.92 Å². The van der Waals surface area contributed by atoms with Crippen molar-refractivity contribution in [3.8, 4) is 0 Å². The number of carboxylic acids is 1. The number of aliphatic carboxylic acids is 1. The average Bonchev–Trinajstić information content (AvgIpc) is 3.28. The fourth-order valence-corrected chi connectivity index (χ4v) is 5.53. The van der Waals surface area contributed by atoms with Gasteiger partial charge in [-0.25, -0.2) is 27.3 Å². The summed E-state index contributed by atoms with van der Waals surface area (Å²) in [5.41, 5.74) is 0.814. The van der Waals surface area contributed by atoms with Crippen molar-refractivity contribution < 1.29 is 32.2 Å². The zero-order valence-corrected chi connectivity index (χ0v) is 21.3. The number of esters is 1. The lowest BCUT2D eigenvalue weighted by Gasteiger charge is -2.32. The monoisotopic (exact) mass is 554 g/mol. The van der Waals surface area contributed by atoms with Crippen LogP contribution in [0.25, 0.3) is 0 Å². The van der Waals surface area contributed by atoms with Crippen LogP contribution < -0.4 is 5.32 Å². The van der Waals surface area contributed by atoms with E-state index >= 15 is 0 Å². The van der Waals surface area contributed by atoms with Crippen LogP contribution in [0.1, 0.15) is 24.4 Å². The maximum atomic E-state index is 13.8. The minimum Gasteiger partial charge on any atom is -0.480 e. The van der Waals surface area contributed by atoms with Gasteiger partial charge in [-0.15, -0.1) is 5.10 Å². The van der Waals surface area contributed by atoms with E-state index in [1.165, 1.54) is 18.5 Å². The first-order valence-corrected chi connectivity index (χ1v) is 13.5.